The Balaban J connectivity index is 2.32. The van der Waals surface area contributed by atoms with E-state index in [0.29, 0.717) is 12.6 Å². The average Bonchev–Trinajstić information content (AvgIpc) is 2.90. The fraction of sp³-hybridized carbons (Fsp3) is 0.579. The lowest BCUT2D eigenvalue weighted by atomic mass is 10.1. The summed E-state index contributed by atoms with van der Waals surface area (Å²) in [5.41, 5.74) is 2.90. The van der Waals surface area contributed by atoms with Crippen LogP contribution >= 0.6 is 0 Å². The van der Waals surface area contributed by atoms with Gasteiger partial charge in [-0.25, -0.2) is 0 Å². The van der Waals surface area contributed by atoms with Gasteiger partial charge < -0.3 is 9.64 Å². The number of aryl methyl sites for hydroxylation is 1. The molecule has 0 N–H and O–H groups in total. The Hall–Kier alpha value is -1.72. The van der Waals surface area contributed by atoms with Crippen molar-refractivity contribution < 1.29 is 9.53 Å². The number of carbonyl (C=O) groups is 1. The van der Waals surface area contributed by atoms with Crippen LogP contribution in [0, 0.1) is 0 Å². The molecule has 0 aliphatic carbocycles. The van der Waals surface area contributed by atoms with Gasteiger partial charge in [0.25, 0.3) is 0 Å². The summed E-state index contributed by atoms with van der Waals surface area (Å²) >= 11 is 0. The molecule has 1 aliphatic heterocycles. The van der Waals surface area contributed by atoms with E-state index < -0.39 is 0 Å². The molecule has 1 fully saturated rings. The van der Waals surface area contributed by atoms with Crippen molar-refractivity contribution in [3.8, 4) is 0 Å². The molecule has 5 nitrogen and oxygen atoms in total. The first-order valence-electron chi connectivity index (χ1n) is 8.66. The van der Waals surface area contributed by atoms with Crippen LogP contribution in [0.5, 0.6) is 0 Å². The maximum atomic E-state index is 11.9. The van der Waals surface area contributed by atoms with Crippen LogP contribution in [0.25, 0.3) is 6.08 Å². The minimum Gasteiger partial charge on any atom is -0.357 e. The molecule has 0 saturated carbocycles. The fourth-order valence-corrected chi connectivity index (χ4v) is 2.67. The predicted molar refractivity (Wildman–Crippen MR) is 96.5 cm³/mol. The molecule has 0 aromatic carbocycles. The van der Waals surface area contributed by atoms with Gasteiger partial charge in [-0.05, 0) is 39.0 Å². The number of likely N-dealkylation sites (N-methyl/N-ethyl adjacent to an activating group) is 2. The van der Waals surface area contributed by atoms with Gasteiger partial charge in [-0.1, -0.05) is 19.4 Å². The minimum atomic E-state index is -0.109. The van der Waals surface area contributed by atoms with E-state index in [9.17, 15) is 4.79 Å². The molecule has 0 spiro atoms. The first kappa shape index (κ1) is 18.6. The van der Waals surface area contributed by atoms with Crippen LogP contribution < -0.4 is 0 Å². The number of hydrogen-bond donors (Lipinski definition) is 0. The van der Waals surface area contributed by atoms with Gasteiger partial charge in [0.1, 0.15) is 6.23 Å². The molecule has 1 aliphatic rings. The molecule has 2 rings (SSSR count). The third-order valence-electron chi connectivity index (χ3n) is 4.45. The van der Waals surface area contributed by atoms with Crippen molar-refractivity contribution in [2.75, 3.05) is 27.7 Å². The Morgan fingerprint density at radius 3 is 2.79 bits per heavy atom. The maximum Gasteiger partial charge on any atom is 0.246 e. The second-order valence-corrected chi connectivity index (χ2v) is 6.65. The number of rotatable bonds is 6. The summed E-state index contributed by atoms with van der Waals surface area (Å²) in [6.07, 6.45) is 6.49. The molecule has 1 aromatic heterocycles. The van der Waals surface area contributed by atoms with E-state index in [1.165, 1.54) is 0 Å². The quantitative estimate of drug-likeness (QED) is 0.752. The number of aromatic nitrogens is 1. The maximum absolute atomic E-state index is 11.9. The Kier molecular flexibility index (Phi) is 6.52. The molecule has 1 unspecified atom stereocenters. The molecule has 5 heteroatoms. The smallest absolute Gasteiger partial charge is 0.246 e. The molecule has 1 amide bonds. The fourth-order valence-electron chi connectivity index (χ4n) is 2.67. The zero-order chi connectivity index (χ0) is 17.7. The summed E-state index contributed by atoms with van der Waals surface area (Å²) < 4.78 is 5.94. The zero-order valence-corrected chi connectivity index (χ0v) is 15.5. The van der Waals surface area contributed by atoms with Crippen LogP contribution in [-0.2, 0) is 16.0 Å². The second kappa shape index (κ2) is 8.40. The van der Waals surface area contributed by atoms with Gasteiger partial charge in [0.2, 0.25) is 5.91 Å². The topological polar surface area (TPSA) is 45.7 Å². The van der Waals surface area contributed by atoms with Crippen LogP contribution in [-0.4, -0.2) is 54.5 Å². The van der Waals surface area contributed by atoms with Gasteiger partial charge in [-0.3, -0.25) is 14.7 Å². The summed E-state index contributed by atoms with van der Waals surface area (Å²) in [6.45, 7) is 5.03. The SMILES string of the molecule is CCCCc1ccc(C2OC[C@H](C)N2C)c(/C=C/C(=O)N(C)C)n1. The first-order chi connectivity index (χ1) is 11.4. The average molecular weight is 331 g/mol. The van der Waals surface area contributed by atoms with Crippen molar-refractivity contribution in [1.29, 1.82) is 0 Å². The van der Waals surface area contributed by atoms with E-state index in [2.05, 4.69) is 37.9 Å². The summed E-state index contributed by atoms with van der Waals surface area (Å²) in [4.78, 5) is 20.4. The van der Waals surface area contributed by atoms with Gasteiger partial charge in [-0.2, -0.15) is 0 Å². The van der Waals surface area contributed by atoms with Crippen molar-refractivity contribution in [3.63, 3.8) is 0 Å². The molecule has 132 valence electrons. The molecular weight excluding hydrogens is 302 g/mol. The molecule has 1 saturated heterocycles. The van der Waals surface area contributed by atoms with Crippen LogP contribution in [0.3, 0.4) is 0 Å². The second-order valence-electron chi connectivity index (χ2n) is 6.65. The molecule has 24 heavy (non-hydrogen) atoms. The standard InChI is InChI=1S/C19H29N3O2/c1-6-7-8-15-9-10-16(19-22(5)14(2)13-24-19)17(20-15)11-12-18(23)21(3)4/h9-12,14,19H,6-8,13H2,1-5H3/b12-11+/t14-,19?/m0/s1. The summed E-state index contributed by atoms with van der Waals surface area (Å²) in [5.74, 6) is -0.0456. The number of pyridine rings is 1. The third kappa shape index (κ3) is 4.42. The highest BCUT2D eigenvalue weighted by Gasteiger charge is 2.31. The predicted octanol–water partition coefficient (Wildman–Crippen LogP) is 2.87. The summed E-state index contributed by atoms with van der Waals surface area (Å²) in [5, 5.41) is 0. The van der Waals surface area contributed by atoms with E-state index >= 15 is 0 Å². The minimum absolute atomic E-state index is 0.0456. The monoisotopic (exact) mass is 331 g/mol. The lowest BCUT2D eigenvalue weighted by Gasteiger charge is -2.23. The largest absolute Gasteiger partial charge is 0.357 e. The van der Waals surface area contributed by atoms with E-state index in [0.717, 1.165) is 36.2 Å². The molecule has 1 aromatic rings. The molecule has 0 bridgehead atoms. The lowest BCUT2D eigenvalue weighted by molar-refractivity contribution is -0.123. The molecule has 2 heterocycles. The van der Waals surface area contributed by atoms with Crippen LogP contribution in [0.4, 0.5) is 0 Å². The van der Waals surface area contributed by atoms with Gasteiger partial charge >= 0.3 is 0 Å². The van der Waals surface area contributed by atoms with E-state index in [4.69, 9.17) is 9.72 Å². The Morgan fingerprint density at radius 1 is 1.46 bits per heavy atom. The Bertz CT molecular complexity index is 598. The third-order valence-corrected chi connectivity index (χ3v) is 4.45. The number of hydrogen-bond acceptors (Lipinski definition) is 4. The Labute approximate surface area is 145 Å². The van der Waals surface area contributed by atoms with Crippen molar-refractivity contribution in [3.05, 3.63) is 35.2 Å². The van der Waals surface area contributed by atoms with Crippen LogP contribution in [0.2, 0.25) is 0 Å². The number of carbonyl (C=O) groups excluding carboxylic acids is 1. The van der Waals surface area contributed by atoms with Crippen molar-refractivity contribution in [1.82, 2.24) is 14.8 Å². The zero-order valence-electron chi connectivity index (χ0n) is 15.5. The van der Waals surface area contributed by atoms with Gasteiger partial charge in [0.15, 0.2) is 0 Å². The highest BCUT2D eigenvalue weighted by molar-refractivity contribution is 5.91. The van der Waals surface area contributed by atoms with E-state index in [1.54, 1.807) is 25.1 Å². The normalized spacial score (nSPS) is 21.5. The number of ether oxygens (including phenoxy) is 1. The van der Waals surface area contributed by atoms with Gasteiger partial charge in [-0.15, -0.1) is 0 Å². The van der Waals surface area contributed by atoms with Crippen LogP contribution in [0.1, 0.15) is 49.9 Å². The number of amides is 1. The highest BCUT2D eigenvalue weighted by atomic mass is 16.5. The van der Waals surface area contributed by atoms with Crippen molar-refractivity contribution >= 4 is 12.0 Å². The molecular formula is C19H29N3O2. The Morgan fingerprint density at radius 2 is 2.21 bits per heavy atom. The van der Waals surface area contributed by atoms with E-state index in [-0.39, 0.29) is 12.1 Å². The van der Waals surface area contributed by atoms with Crippen LogP contribution in [0.15, 0.2) is 18.2 Å². The number of nitrogens with zero attached hydrogens (tertiary/aromatic N) is 3. The molecule has 0 radical (unpaired) electrons. The summed E-state index contributed by atoms with van der Waals surface area (Å²) in [6, 6.07) is 4.54. The lowest BCUT2D eigenvalue weighted by Crippen LogP contribution is -2.26. The van der Waals surface area contributed by atoms with Crippen molar-refractivity contribution in [2.45, 2.75) is 45.4 Å². The molecule has 2 atom stereocenters. The van der Waals surface area contributed by atoms with E-state index in [1.807, 2.05) is 6.08 Å². The van der Waals surface area contributed by atoms with Gasteiger partial charge in [0, 0.05) is 37.5 Å². The van der Waals surface area contributed by atoms with Gasteiger partial charge in [0.05, 0.1) is 12.3 Å². The van der Waals surface area contributed by atoms with Crippen molar-refractivity contribution in [2.24, 2.45) is 0 Å². The first-order valence-corrected chi connectivity index (χ1v) is 8.66. The number of unbranched alkanes of at least 4 members (excludes halogenated alkanes) is 1. The highest BCUT2D eigenvalue weighted by Crippen LogP contribution is 2.31. The summed E-state index contributed by atoms with van der Waals surface area (Å²) in [7, 11) is 5.55.